The normalized spacial score (nSPS) is 15.0. The van der Waals surface area contributed by atoms with Gasteiger partial charge >= 0.3 is 5.97 Å². The van der Waals surface area contributed by atoms with Crippen molar-refractivity contribution in [3.8, 4) is 0 Å². The smallest absolute Gasteiger partial charge is 0.303 e. The summed E-state index contributed by atoms with van der Waals surface area (Å²) in [4.78, 5) is 10.7. The van der Waals surface area contributed by atoms with E-state index in [9.17, 15) is 4.79 Å². The number of ether oxygens (including phenoxy) is 2. The van der Waals surface area contributed by atoms with E-state index in [0.29, 0.717) is 13.0 Å². The molecule has 1 fully saturated rings. The fourth-order valence-corrected chi connectivity index (χ4v) is 3.48. The summed E-state index contributed by atoms with van der Waals surface area (Å²) in [5.41, 5.74) is 4.40. The molecule has 4 nitrogen and oxygen atoms in total. The summed E-state index contributed by atoms with van der Waals surface area (Å²) < 4.78 is 12.5. The van der Waals surface area contributed by atoms with E-state index in [1.54, 1.807) is 0 Å². The fraction of sp³-hybridized carbons (Fsp3) is 0.375. The predicted octanol–water partition coefficient (Wildman–Crippen LogP) is 5.28. The molecule has 2 aromatic rings. The van der Waals surface area contributed by atoms with Crippen LogP contribution >= 0.6 is 0 Å². The van der Waals surface area contributed by atoms with Crippen molar-refractivity contribution in [2.24, 2.45) is 5.92 Å². The Morgan fingerprint density at radius 3 is 1.88 bits per heavy atom. The minimum absolute atomic E-state index is 0. The molecule has 14 radical (unpaired) electrons. The zero-order valence-corrected chi connectivity index (χ0v) is 64.2. The Hall–Kier alpha value is 13.0. The number of carboxylic acid groups (broad SMARTS) is 1. The van der Waals surface area contributed by atoms with E-state index in [1.165, 1.54) is 0 Å². The molecule has 0 saturated carbocycles. The number of aliphatic carboxylic acids is 1. The standard InChI is InChI=1S/C24H27O4.14Y/c1-17-13-14-18(2)21(15-17)23-20(11-7-4-8-12-22(25)26)16-27-24(28-23)19-9-5-3-6-10-19;;;;;;;;;;;;;;/h3-7,9-10,13,15,20,23-24H,8,11-12,16H2,1-2H3,(H,25,26);;;;;;;;;;;;;;/q-1;;;;;;;;;;;;;;/b7-4-;;;;;;;;;;;;;;/t20-,23+,24+;;;;;;;;;;;;;;/m1............../s1. The number of carboxylic acids is 1. The zero-order valence-electron chi connectivity index (χ0n) is 24.5. The molecule has 0 bridgehead atoms. The van der Waals surface area contributed by atoms with Crippen molar-refractivity contribution in [3.05, 3.63) is 82.9 Å². The zero-order chi connectivity index (χ0) is 19.9. The number of allylic oxidation sites excluding steroid dienone is 2. The Morgan fingerprint density at radius 1 is 0.857 bits per heavy atom. The van der Waals surface area contributed by atoms with Crippen LogP contribution in [0.5, 0.6) is 0 Å². The van der Waals surface area contributed by atoms with Gasteiger partial charge in [0.2, 0.25) is 0 Å². The van der Waals surface area contributed by atoms with Crippen LogP contribution in [0, 0.1) is 25.8 Å². The molecule has 1 N–H and O–H groups in total. The van der Waals surface area contributed by atoms with Gasteiger partial charge in [-0.25, -0.2) is 0 Å². The summed E-state index contributed by atoms with van der Waals surface area (Å²) in [7, 11) is 0. The first-order valence-corrected chi connectivity index (χ1v) is 9.72. The van der Waals surface area contributed by atoms with E-state index in [0.717, 1.165) is 28.7 Å². The van der Waals surface area contributed by atoms with Gasteiger partial charge in [-0.2, -0.15) is 29.3 Å². The quantitative estimate of drug-likeness (QED) is 0.303. The van der Waals surface area contributed by atoms with Gasteiger partial charge < -0.3 is 14.6 Å². The van der Waals surface area contributed by atoms with Crippen LogP contribution in [0.3, 0.4) is 0 Å². The maximum absolute atomic E-state index is 10.7. The monoisotopic (exact) mass is 1620 g/mol. The molecular weight excluding hydrogens is 1600 g/mol. The van der Waals surface area contributed by atoms with Crippen molar-refractivity contribution in [3.63, 3.8) is 0 Å². The van der Waals surface area contributed by atoms with Gasteiger partial charge in [-0.1, -0.05) is 56.3 Å². The Labute approximate surface area is 606 Å². The minimum Gasteiger partial charge on any atom is -0.481 e. The molecule has 0 aromatic heterocycles. The fourth-order valence-electron chi connectivity index (χ4n) is 3.48. The van der Waals surface area contributed by atoms with Gasteiger partial charge in [0, 0.05) is 482 Å². The maximum Gasteiger partial charge on any atom is 0.303 e. The Balaban J connectivity index is -0.0000000643. The van der Waals surface area contributed by atoms with Crippen molar-refractivity contribution in [1.82, 2.24) is 0 Å². The van der Waals surface area contributed by atoms with E-state index in [2.05, 4.69) is 26.0 Å². The van der Waals surface area contributed by atoms with E-state index < -0.39 is 12.3 Å². The molecule has 2 aromatic carbocycles. The van der Waals surface area contributed by atoms with Crippen LogP contribution in [0.25, 0.3) is 0 Å². The molecule has 3 rings (SSSR count). The van der Waals surface area contributed by atoms with Crippen molar-refractivity contribution < 1.29 is 477 Å². The van der Waals surface area contributed by atoms with E-state index >= 15 is 0 Å². The van der Waals surface area contributed by atoms with Crippen molar-refractivity contribution in [1.29, 1.82) is 0 Å². The average Bonchev–Trinajstić information content (AvgIpc) is 2.70. The molecule has 0 amide bonds. The predicted molar refractivity (Wildman–Crippen MR) is 108 cm³/mol. The van der Waals surface area contributed by atoms with E-state index in [1.807, 2.05) is 48.6 Å². The number of rotatable bonds is 7. The summed E-state index contributed by atoms with van der Waals surface area (Å²) in [6.45, 7) is 4.71. The topological polar surface area (TPSA) is 55.8 Å². The van der Waals surface area contributed by atoms with Gasteiger partial charge in [-0.05, 0) is 12.8 Å². The molecular formula is C24H27O4Y14-. The van der Waals surface area contributed by atoms with Crippen LogP contribution in [0.1, 0.15) is 53.9 Å². The second-order valence-electron chi connectivity index (χ2n) is 7.29. The van der Waals surface area contributed by atoms with Gasteiger partial charge in [-0.3, -0.25) is 4.79 Å². The summed E-state index contributed by atoms with van der Waals surface area (Å²) >= 11 is 0. The van der Waals surface area contributed by atoms with Gasteiger partial charge in [0.15, 0.2) is 6.29 Å². The van der Waals surface area contributed by atoms with Crippen LogP contribution in [0.2, 0.25) is 0 Å². The summed E-state index contributed by atoms with van der Waals surface area (Å²) in [5, 5.41) is 8.77. The number of carbonyl (C=O) groups is 1. The second-order valence-corrected chi connectivity index (χ2v) is 7.29. The molecule has 0 unspecified atom stereocenters. The number of hydrogen-bond acceptors (Lipinski definition) is 3. The molecule has 1 saturated heterocycles. The summed E-state index contributed by atoms with van der Waals surface area (Å²) in [6.07, 6.45) is 4.96. The Bertz CT molecular complexity index is 851. The van der Waals surface area contributed by atoms with Crippen LogP contribution < -0.4 is 0 Å². The third kappa shape index (κ3) is 36.1. The molecule has 18 heteroatoms. The molecule has 3 atom stereocenters. The third-order valence-electron chi connectivity index (χ3n) is 5.00. The second kappa shape index (κ2) is 54.0. The molecule has 1 aliphatic rings. The maximum atomic E-state index is 10.7. The first kappa shape index (κ1) is 86.8. The Kier molecular flexibility index (Phi) is 112. The van der Waals surface area contributed by atoms with Gasteiger partial charge in [0.1, 0.15) is 0 Å². The van der Waals surface area contributed by atoms with Crippen LogP contribution in [-0.4, -0.2) is 17.7 Å². The first-order valence-electron chi connectivity index (χ1n) is 9.72. The Morgan fingerprint density at radius 2 is 1.38 bits per heavy atom. The molecule has 190 valence electrons. The molecule has 1 heterocycles. The van der Waals surface area contributed by atoms with Crippen molar-refractivity contribution >= 4 is 5.97 Å². The SMILES string of the molecule is Cc1c[c-]c(C)c([C@H]2O[C@@H](c3ccccc3)OC[C@H]2C/C=C\CCC(=O)O)c1.[Y].[Y].[Y].[Y].[Y].[Y].[Y].[Y].[Y].[Y].[Y].[Y].[Y].[Y]. The first-order chi connectivity index (χ1) is 13.5. The molecule has 0 aliphatic carbocycles. The largest absolute Gasteiger partial charge is 0.481 e. The van der Waals surface area contributed by atoms with Crippen molar-refractivity contribution in [2.45, 2.75) is 45.5 Å². The molecule has 42 heavy (non-hydrogen) atoms. The van der Waals surface area contributed by atoms with Crippen LogP contribution in [0.4, 0.5) is 0 Å². The van der Waals surface area contributed by atoms with Gasteiger partial charge in [0.25, 0.3) is 0 Å². The summed E-state index contributed by atoms with van der Waals surface area (Å²) in [6, 6.07) is 17.5. The number of aryl methyl sites for hydroxylation is 2. The average molecular weight is 1620 g/mol. The minimum atomic E-state index is -0.775. The van der Waals surface area contributed by atoms with Gasteiger partial charge in [-0.15, -0.1) is 5.56 Å². The summed E-state index contributed by atoms with van der Waals surface area (Å²) in [5.74, 6) is -0.613. The number of hydrogen-bond donors (Lipinski definition) is 1. The van der Waals surface area contributed by atoms with Gasteiger partial charge in [0.05, 0.1) is 6.61 Å². The molecule has 0 spiro atoms. The van der Waals surface area contributed by atoms with Crippen molar-refractivity contribution in [2.75, 3.05) is 6.61 Å². The van der Waals surface area contributed by atoms with E-state index in [4.69, 9.17) is 14.6 Å². The third-order valence-corrected chi connectivity index (χ3v) is 5.00. The number of benzene rings is 2. The molecule has 1 aliphatic heterocycles. The van der Waals surface area contributed by atoms with E-state index in [-0.39, 0.29) is 476 Å². The van der Waals surface area contributed by atoms with Crippen LogP contribution in [0.15, 0.2) is 54.6 Å². The van der Waals surface area contributed by atoms with Crippen LogP contribution in [-0.2, 0) is 472 Å².